The summed E-state index contributed by atoms with van der Waals surface area (Å²) in [6.45, 7) is 13.4. The zero-order valence-corrected chi connectivity index (χ0v) is 14.3. The molecule has 0 bridgehead atoms. The van der Waals surface area contributed by atoms with Crippen LogP contribution in [0, 0.1) is 12.8 Å². The second kappa shape index (κ2) is 7.92. The maximum Gasteiger partial charge on any atom is 0.152 e. The Kier molecular flexibility index (Phi) is 6.54. The van der Waals surface area contributed by atoms with E-state index >= 15 is 0 Å². The number of benzene rings is 1. The van der Waals surface area contributed by atoms with Crippen LogP contribution in [0.15, 0.2) is 41.9 Å². The fourth-order valence-corrected chi connectivity index (χ4v) is 2.18. The summed E-state index contributed by atoms with van der Waals surface area (Å²) >= 11 is 0. The van der Waals surface area contributed by atoms with Crippen LogP contribution in [-0.4, -0.2) is 16.3 Å². The first kappa shape index (κ1) is 18.1. The van der Waals surface area contributed by atoms with Gasteiger partial charge < -0.3 is 14.9 Å². The summed E-state index contributed by atoms with van der Waals surface area (Å²) in [4.78, 5) is 0. The number of allylic oxidation sites excluding steroid dienone is 2. The maximum atomic E-state index is 10.2. The molecule has 0 saturated carbocycles. The fourth-order valence-electron chi connectivity index (χ4n) is 2.18. The fraction of sp³-hybridized carbons (Fsp3) is 0.474. The molecular formula is C19H28O3. The van der Waals surface area contributed by atoms with Gasteiger partial charge in [-0.2, -0.15) is 0 Å². The Labute approximate surface area is 133 Å². The summed E-state index contributed by atoms with van der Waals surface area (Å²) in [5, 5.41) is 19.4. The van der Waals surface area contributed by atoms with Crippen molar-refractivity contribution in [3.8, 4) is 5.75 Å². The molecule has 0 saturated heterocycles. The molecule has 0 aliphatic heterocycles. The lowest BCUT2D eigenvalue weighted by Crippen LogP contribution is -2.17. The standard InChI is InChI=1S/C19H28O3/c1-12(2)15(5)19(21)16(6)22-18-10-9-17(13(3)11-18)8-7-14(4)20/h9-12,16,20-21H,4,7-8H2,1-3,5-6H3/b19-15+. The lowest BCUT2D eigenvalue weighted by atomic mass is 10.0. The molecule has 2 N–H and O–H groups in total. The second-order valence-electron chi connectivity index (χ2n) is 6.14. The smallest absolute Gasteiger partial charge is 0.152 e. The quantitative estimate of drug-likeness (QED) is 0.676. The number of ether oxygens (including phenoxy) is 1. The third-order valence-corrected chi connectivity index (χ3v) is 3.96. The summed E-state index contributed by atoms with van der Waals surface area (Å²) in [5.74, 6) is 1.53. The van der Waals surface area contributed by atoms with Gasteiger partial charge >= 0.3 is 0 Å². The van der Waals surface area contributed by atoms with Gasteiger partial charge in [0.2, 0.25) is 0 Å². The summed E-state index contributed by atoms with van der Waals surface area (Å²) in [6.07, 6.45) is 0.952. The van der Waals surface area contributed by atoms with E-state index in [0.717, 1.165) is 28.9 Å². The molecule has 3 heteroatoms. The second-order valence-corrected chi connectivity index (χ2v) is 6.14. The Morgan fingerprint density at radius 3 is 2.36 bits per heavy atom. The molecule has 0 heterocycles. The lowest BCUT2D eigenvalue weighted by Gasteiger charge is -2.19. The molecule has 1 aromatic rings. The third-order valence-electron chi connectivity index (χ3n) is 3.96. The molecule has 1 unspecified atom stereocenters. The number of hydrogen-bond donors (Lipinski definition) is 2. The molecule has 0 radical (unpaired) electrons. The molecule has 122 valence electrons. The average molecular weight is 304 g/mol. The van der Waals surface area contributed by atoms with Crippen LogP contribution in [0.25, 0.3) is 0 Å². The van der Waals surface area contributed by atoms with E-state index in [1.54, 1.807) is 0 Å². The van der Waals surface area contributed by atoms with Crippen molar-refractivity contribution in [1.82, 2.24) is 0 Å². The zero-order valence-electron chi connectivity index (χ0n) is 14.3. The lowest BCUT2D eigenvalue weighted by molar-refractivity contribution is 0.186. The minimum absolute atomic E-state index is 0.201. The molecule has 0 spiro atoms. The van der Waals surface area contributed by atoms with Crippen molar-refractivity contribution >= 4 is 0 Å². The van der Waals surface area contributed by atoms with Gasteiger partial charge in [-0.3, -0.25) is 0 Å². The summed E-state index contributed by atoms with van der Waals surface area (Å²) in [6, 6.07) is 5.86. The Balaban J connectivity index is 2.81. The van der Waals surface area contributed by atoms with Crippen LogP contribution in [-0.2, 0) is 6.42 Å². The number of aryl methyl sites for hydroxylation is 2. The molecule has 0 aliphatic rings. The van der Waals surface area contributed by atoms with E-state index in [1.165, 1.54) is 0 Å². The van der Waals surface area contributed by atoms with Gasteiger partial charge in [0.25, 0.3) is 0 Å². The molecule has 0 aromatic heterocycles. The van der Waals surface area contributed by atoms with Gasteiger partial charge in [0.05, 0.1) is 5.76 Å². The number of aliphatic hydroxyl groups is 2. The maximum absolute atomic E-state index is 10.2. The van der Waals surface area contributed by atoms with Crippen molar-refractivity contribution in [2.45, 2.75) is 53.6 Å². The van der Waals surface area contributed by atoms with Gasteiger partial charge in [0.15, 0.2) is 6.10 Å². The van der Waals surface area contributed by atoms with Gasteiger partial charge in [-0.15, -0.1) is 0 Å². The molecule has 1 atom stereocenters. The van der Waals surface area contributed by atoms with Crippen LogP contribution in [0.4, 0.5) is 0 Å². The summed E-state index contributed by atoms with van der Waals surface area (Å²) < 4.78 is 5.83. The van der Waals surface area contributed by atoms with Crippen LogP contribution in [0.1, 0.15) is 45.2 Å². The van der Waals surface area contributed by atoms with E-state index in [4.69, 9.17) is 4.74 Å². The van der Waals surface area contributed by atoms with Crippen molar-refractivity contribution in [2.24, 2.45) is 5.92 Å². The van der Waals surface area contributed by atoms with Crippen molar-refractivity contribution in [3.63, 3.8) is 0 Å². The van der Waals surface area contributed by atoms with Gasteiger partial charge in [0.1, 0.15) is 11.5 Å². The Morgan fingerprint density at radius 1 is 1.23 bits per heavy atom. The highest BCUT2D eigenvalue weighted by Crippen LogP contribution is 2.23. The highest BCUT2D eigenvalue weighted by Gasteiger charge is 2.14. The first-order valence-corrected chi connectivity index (χ1v) is 7.75. The van der Waals surface area contributed by atoms with E-state index in [2.05, 4.69) is 6.58 Å². The minimum Gasteiger partial charge on any atom is -0.513 e. The van der Waals surface area contributed by atoms with Gasteiger partial charge in [-0.25, -0.2) is 0 Å². The molecule has 1 rings (SSSR count). The highest BCUT2D eigenvalue weighted by atomic mass is 16.5. The minimum atomic E-state index is -0.370. The molecule has 0 amide bonds. The highest BCUT2D eigenvalue weighted by molar-refractivity contribution is 5.35. The molecule has 0 aliphatic carbocycles. The molecular weight excluding hydrogens is 276 g/mol. The molecule has 22 heavy (non-hydrogen) atoms. The topological polar surface area (TPSA) is 49.7 Å². The monoisotopic (exact) mass is 304 g/mol. The summed E-state index contributed by atoms with van der Waals surface area (Å²) in [7, 11) is 0. The SMILES string of the molecule is C=C(O)CCc1ccc(OC(C)/C(O)=C(/C)C(C)C)cc1C. The largest absolute Gasteiger partial charge is 0.513 e. The summed E-state index contributed by atoms with van der Waals surface area (Å²) in [5.41, 5.74) is 3.21. The molecule has 3 nitrogen and oxygen atoms in total. The molecule has 0 fully saturated rings. The first-order chi connectivity index (χ1) is 10.2. The Hall–Kier alpha value is -1.90. The van der Waals surface area contributed by atoms with E-state index in [0.29, 0.717) is 18.1 Å². The van der Waals surface area contributed by atoms with Crippen LogP contribution in [0.3, 0.4) is 0 Å². The van der Waals surface area contributed by atoms with E-state index in [-0.39, 0.29) is 11.9 Å². The molecule has 1 aromatic carbocycles. The number of hydrogen-bond acceptors (Lipinski definition) is 3. The van der Waals surface area contributed by atoms with Crippen LogP contribution < -0.4 is 4.74 Å². The predicted molar refractivity (Wildman–Crippen MR) is 91.5 cm³/mol. The third kappa shape index (κ3) is 5.14. The van der Waals surface area contributed by atoms with E-state index in [9.17, 15) is 10.2 Å². The van der Waals surface area contributed by atoms with Crippen LogP contribution in [0.2, 0.25) is 0 Å². The van der Waals surface area contributed by atoms with Gasteiger partial charge in [0, 0.05) is 6.42 Å². The average Bonchev–Trinajstić information content (AvgIpc) is 2.44. The number of rotatable bonds is 7. The van der Waals surface area contributed by atoms with Crippen molar-refractivity contribution in [3.05, 3.63) is 53.0 Å². The Bertz CT molecular complexity index is 556. The van der Waals surface area contributed by atoms with E-state index < -0.39 is 0 Å². The normalized spacial score (nSPS) is 13.7. The number of aliphatic hydroxyl groups excluding tert-OH is 2. The zero-order chi connectivity index (χ0) is 16.9. The first-order valence-electron chi connectivity index (χ1n) is 7.75. The van der Waals surface area contributed by atoms with E-state index in [1.807, 2.05) is 52.8 Å². The van der Waals surface area contributed by atoms with Crippen LogP contribution >= 0.6 is 0 Å². The van der Waals surface area contributed by atoms with Crippen LogP contribution in [0.5, 0.6) is 5.75 Å². The van der Waals surface area contributed by atoms with Crippen molar-refractivity contribution in [2.75, 3.05) is 0 Å². The van der Waals surface area contributed by atoms with Gasteiger partial charge in [-0.05, 0) is 61.9 Å². The predicted octanol–water partition coefficient (Wildman–Crippen LogP) is 5.25. The van der Waals surface area contributed by atoms with Crippen molar-refractivity contribution < 1.29 is 14.9 Å². The van der Waals surface area contributed by atoms with Gasteiger partial charge in [-0.1, -0.05) is 26.5 Å². The Morgan fingerprint density at radius 2 is 1.86 bits per heavy atom. The van der Waals surface area contributed by atoms with Crippen molar-refractivity contribution in [1.29, 1.82) is 0 Å².